The molecule has 0 unspecified atom stereocenters. The number of nitrogens with zero attached hydrogens (tertiary/aromatic N) is 5. The van der Waals surface area contributed by atoms with E-state index in [4.69, 9.17) is 4.74 Å². The lowest BCUT2D eigenvalue weighted by molar-refractivity contribution is 0.345. The molecule has 6 nitrogen and oxygen atoms in total. The van der Waals surface area contributed by atoms with Gasteiger partial charge in [0.2, 0.25) is 5.95 Å². The Bertz CT molecular complexity index is 586. The van der Waals surface area contributed by atoms with Crippen LogP contribution >= 0.6 is 0 Å². The lowest BCUT2D eigenvalue weighted by Gasteiger charge is -2.39. The van der Waals surface area contributed by atoms with E-state index in [1.807, 2.05) is 6.20 Å². The minimum Gasteiger partial charge on any atom is -0.494 e. The van der Waals surface area contributed by atoms with Crippen molar-refractivity contribution in [2.24, 2.45) is 5.92 Å². The van der Waals surface area contributed by atoms with Crippen molar-refractivity contribution in [3.05, 3.63) is 30.6 Å². The summed E-state index contributed by atoms with van der Waals surface area (Å²) >= 11 is 0. The molecule has 2 aromatic rings. The van der Waals surface area contributed by atoms with Gasteiger partial charge in [0.1, 0.15) is 5.82 Å². The van der Waals surface area contributed by atoms with Gasteiger partial charge >= 0.3 is 0 Å². The smallest absolute Gasteiger partial charge is 0.225 e. The third-order valence-corrected chi connectivity index (χ3v) is 3.81. The number of hydrogen-bond donors (Lipinski definition) is 0. The van der Waals surface area contributed by atoms with Crippen molar-refractivity contribution in [2.75, 3.05) is 25.1 Å². The van der Waals surface area contributed by atoms with Crippen LogP contribution in [0.3, 0.4) is 0 Å². The fourth-order valence-electron chi connectivity index (χ4n) is 2.68. The quantitative estimate of drug-likeness (QED) is 0.841. The van der Waals surface area contributed by atoms with E-state index in [0.29, 0.717) is 17.6 Å². The molecule has 0 bridgehead atoms. The molecule has 6 heteroatoms. The SMILES string of the molecule is COc1cnc(N2CC(Cn3ccnc3C(C)C)C2)nc1. The lowest BCUT2D eigenvalue weighted by Crippen LogP contribution is -2.49. The van der Waals surface area contributed by atoms with E-state index in [0.717, 1.165) is 31.4 Å². The van der Waals surface area contributed by atoms with Crippen LogP contribution in [-0.4, -0.2) is 39.7 Å². The van der Waals surface area contributed by atoms with Crippen molar-refractivity contribution in [2.45, 2.75) is 26.3 Å². The van der Waals surface area contributed by atoms with E-state index >= 15 is 0 Å². The van der Waals surface area contributed by atoms with Crippen molar-refractivity contribution in [3.63, 3.8) is 0 Å². The maximum atomic E-state index is 5.07. The average molecular weight is 287 g/mol. The molecule has 112 valence electrons. The van der Waals surface area contributed by atoms with Gasteiger partial charge in [0.25, 0.3) is 0 Å². The Hall–Kier alpha value is -2.11. The van der Waals surface area contributed by atoms with Gasteiger partial charge in [-0.3, -0.25) is 0 Å². The van der Waals surface area contributed by atoms with Gasteiger partial charge in [0.15, 0.2) is 5.75 Å². The van der Waals surface area contributed by atoms with Crippen molar-refractivity contribution < 1.29 is 4.74 Å². The Morgan fingerprint density at radius 3 is 2.57 bits per heavy atom. The van der Waals surface area contributed by atoms with E-state index < -0.39 is 0 Å². The Kier molecular flexibility index (Phi) is 3.77. The zero-order valence-electron chi connectivity index (χ0n) is 12.7. The molecule has 2 aromatic heterocycles. The van der Waals surface area contributed by atoms with E-state index in [-0.39, 0.29) is 0 Å². The summed E-state index contributed by atoms with van der Waals surface area (Å²) in [6.07, 6.45) is 7.38. The molecule has 21 heavy (non-hydrogen) atoms. The predicted molar refractivity (Wildman–Crippen MR) is 80.6 cm³/mol. The molecule has 3 rings (SSSR count). The van der Waals surface area contributed by atoms with Gasteiger partial charge in [-0.2, -0.15) is 0 Å². The minimum absolute atomic E-state index is 0.459. The Balaban J connectivity index is 1.56. The normalized spacial score (nSPS) is 15.3. The summed E-state index contributed by atoms with van der Waals surface area (Å²) < 4.78 is 7.34. The lowest BCUT2D eigenvalue weighted by atomic mass is 10.0. The highest BCUT2D eigenvalue weighted by molar-refractivity contribution is 5.35. The number of ether oxygens (including phenoxy) is 1. The van der Waals surface area contributed by atoms with E-state index in [1.54, 1.807) is 19.5 Å². The zero-order valence-corrected chi connectivity index (χ0v) is 12.7. The third-order valence-electron chi connectivity index (χ3n) is 3.81. The summed E-state index contributed by atoms with van der Waals surface area (Å²) in [6.45, 7) is 7.35. The molecule has 3 heterocycles. The molecule has 0 aromatic carbocycles. The largest absolute Gasteiger partial charge is 0.494 e. The molecule has 0 saturated carbocycles. The summed E-state index contributed by atoms with van der Waals surface area (Å²) in [4.78, 5) is 15.3. The Morgan fingerprint density at radius 1 is 1.24 bits per heavy atom. The molecular formula is C15H21N5O. The second kappa shape index (κ2) is 5.71. The molecule has 0 amide bonds. The summed E-state index contributed by atoms with van der Waals surface area (Å²) in [6, 6.07) is 0. The Labute approximate surface area is 124 Å². The van der Waals surface area contributed by atoms with Crippen LogP contribution < -0.4 is 9.64 Å². The molecule has 0 radical (unpaired) electrons. The highest BCUT2D eigenvalue weighted by atomic mass is 16.5. The molecule has 1 aliphatic heterocycles. The maximum Gasteiger partial charge on any atom is 0.225 e. The van der Waals surface area contributed by atoms with Crippen molar-refractivity contribution in [1.82, 2.24) is 19.5 Å². The first-order valence-electron chi connectivity index (χ1n) is 7.29. The monoisotopic (exact) mass is 287 g/mol. The zero-order chi connectivity index (χ0) is 14.8. The summed E-state index contributed by atoms with van der Waals surface area (Å²) in [5, 5.41) is 0. The minimum atomic E-state index is 0.459. The van der Waals surface area contributed by atoms with Crippen LogP contribution in [0.5, 0.6) is 5.75 Å². The molecule has 0 spiro atoms. The highest BCUT2D eigenvalue weighted by Crippen LogP contribution is 2.24. The summed E-state index contributed by atoms with van der Waals surface area (Å²) in [5.74, 6) is 3.72. The molecular weight excluding hydrogens is 266 g/mol. The summed E-state index contributed by atoms with van der Waals surface area (Å²) in [5.41, 5.74) is 0. The number of hydrogen-bond acceptors (Lipinski definition) is 5. The van der Waals surface area contributed by atoms with Crippen LogP contribution in [0.15, 0.2) is 24.8 Å². The average Bonchev–Trinajstić information content (AvgIpc) is 2.91. The van der Waals surface area contributed by atoms with Gasteiger partial charge in [0.05, 0.1) is 19.5 Å². The first-order valence-corrected chi connectivity index (χ1v) is 7.29. The second-order valence-corrected chi connectivity index (χ2v) is 5.79. The van der Waals surface area contributed by atoms with E-state index in [2.05, 4.69) is 44.5 Å². The van der Waals surface area contributed by atoms with Crippen molar-refractivity contribution in [3.8, 4) is 5.75 Å². The number of anilines is 1. The topological polar surface area (TPSA) is 56.1 Å². The maximum absolute atomic E-state index is 5.07. The molecule has 0 N–H and O–H groups in total. The van der Waals surface area contributed by atoms with Gasteiger partial charge in [-0.1, -0.05) is 13.8 Å². The second-order valence-electron chi connectivity index (χ2n) is 5.79. The van der Waals surface area contributed by atoms with Gasteiger partial charge in [-0.15, -0.1) is 0 Å². The first-order chi connectivity index (χ1) is 10.2. The molecule has 1 saturated heterocycles. The van der Waals surface area contributed by atoms with Gasteiger partial charge in [0, 0.05) is 43.9 Å². The van der Waals surface area contributed by atoms with Gasteiger partial charge in [-0.05, 0) is 0 Å². The molecule has 1 aliphatic rings. The van der Waals surface area contributed by atoms with Crippen LogP contribution in [0.1, 0.15) is 25.6 Å². The fourth-order valence-corrected chi connectivity index (χ4v) is 2.68. The van der Waals surface area contributed by atoms with Crippen LogP contribution in [0.4, 0.5) is 5.95 Å². The number of aromatic nitrogens is 4. The summed E-state index contributed by atoms with van der Waals surface area (Å²) in [7, 11) is 1.62. The van der Waals surface area contributed by atoms with Crippen molar-refractivity contribution in [1.29, 1.82) is 0 Å². The Morgan fingerprint density at radius 2 is 1.95 bits per heavy atom. The van der Waals surface area contributed by atoms with Crippen LogP contribution in [-0.2, 0) is 6.54 Å². The van der Waals surface area contributed by atoms with Crippen LogP contribution in [0.2, 0.25) is 0 Å². The van der Waals surface area contributed by atoms with E-state index in [9.17, 15) is 0 Å². The number of methoxy groups -OCH3 is 1. The van der Waals surface area contributed by atoms with Crippen LogP contribution in [0, 0.1) is 5.92 Å². The van der Waals surface area contributed by atoms with E-state index in [1.165, 1.54) is 0 Å². The molecule has 1 fully saturated rings. The predicted octanol–water partition coefficient (Wildman–Crippen LogP) is 1.94. The molecule has 0 aliphatic carbocycles. The van der Waals surface area contributed by atoms with Crippen molar-refractivity contribution >= 4 is 5.95 Å². The third kappa shape index (κ3) is 2.84. The number of rotatable bonds is 5. The molecule has 0 atom stereocenters. The fraction of sp³-hybridized carbons (Fsp3) is 0.533. The highest BCUT2D eigenvalue weighted by Gasteiger charge is 2.29. The number of imidazole rings is 1. The standard InChI is InChI=1S/C15H21N5O/c1-11(2)14-16-4-5-19(14)8-12-9-20(10-12)15-17-6-13(21-3)7-18-15/h4-7,11-12H,8-10H2,1-3H3. The van der Waals surface area contributed by atoms with Gasteiger partial charge < -0.3 is 14.2 Å². The van der Waals surface area contributed by atoms with Crippen LogP contribution in [0.25, 0.3) is 0 Å². The first kappa shape index (κ1) is 13.9. The van der Waals surface area contributed by atoms with Gasteiger partial charge in [-0.25, -0.2) is 15.0 Å².